The van der Waals surface area contributed by atoms with Crippen molar-refractivity contribution in [1.29, 1.82) is 0 Å². The number of anilines is 1. The number of hydrogen-bond acceptors (Lipinski definition) is 6. The van der Waals surface area contributed by atoms with Gasteiger partial charge in [-0.1, -0.05) is 23.4 Å². The predicted octanol–water partition coefficient (Wildman–Crippen LogP) is 3.54. The first-order valence-electron chi connectivity index (χ1n) is 8.67. The molecule has 1 N–H and O–H groups in total. The zero-order valence-electron chi connectivity index (χ0n) is 14.6. The third kappa shape index (κ3) is 4.52. The second-order valence-electron chi connectivity index (χ2n) is 6.13. The van der Waals surface area contributed by atoms with Gasteiger partial charge >= 0.3 is 0 Å². The van der Waals surface area contributed by atoms with Crippen molar-refractivity contribution in [2.45, 2.75) is 12.8 Å². The van der Waals surface area contributed by atoms with Crippen LogP contribution < -0.4 is 9.64 Å². The lowest BCUT2D eigenvalue weighted by Crippen LogP contribution is -2.46. The van der Waals surface area contributed by atoms with Gasteiger partial charge in [0, 0.05) is 26.2 Å². The van der Waals surface area contributed by atoms with Crippen LogP contribution in [0.5, 0.6) is 5.75 Å². The number of piperazine rings is 1. The molecule has 0 aliphatic carbocycles. The van der Waals surface area contributed by atoms with Crippen LogP contribution in [0.1, 0.15) is 17.7 Å². The molecule has 25 heavy (non-hydrogen) atoms. The van der Waals surface area contributed by atoms with E-state index in [1.807, 2.05) is 29.6 Å². The number of ether oxygens (including phenoxy) is 1. The van der Waals surface area contributed by atoms with Gasteiger partial charge in [-0.3, -0.25) is 4.90 Å². The molecule has 5 nitrogen and oxygen atoms in total. The van der Waals surface area contributed by atoms with Crippen molar-refractivity contribution >= 4 is 22.7 Å². The van der Waals surface area contributed by atoms with Crippen LogP contribution in [-0.4, -0.2) is 55.7 Å². The first kappa shape index (κ1) is 17.8. The van der Waals surface area contributed by atoms with Crippen LogP contribution in [0.2, 0.25) is 0 Å². The summed E-state index contributed by atoms with van der Waals surface area (Å²) in [6, 6.07) is 12.2. The quantitative estimate of drug-likeness (QED) is 0.467. The highest BCUT2D eigenvalue weighted by Gasteiger charge is 2.19. The zero-order chi connectivity index (χ0) is 17.5. The number of thiophene rings is 1. The molecule has 0 spiro atoms. The van der Waals surface area contributed by atoms with Crippen LogP contribution in [0, 0.1) is 0 Å². The fourth-order valence-corrected chi connectivity index (χ4v) is 3.98. The zero-order valence-corrected chi connectivity index (χ0v) is 15.4. The third-order valence-electron chi connectivity index (χ3n) is 4.61. The fraction of sp³-hybridized carbons (Fsp3) is 0.421. The Kier molecular flexibility index (Phi) is 6.30. The summed E-state index contributed by atoms with van der Waals surface area (Å²) < 4.78 is 5.47. The molecule has 0 atom stereocenters. The third-order valence-corrected chi connectivity index (χ3v) is 5.53. The molecule has 0 amide bonds. The van der Waals surface area contributed by atoms with Gasteiger partial charge < -0.3 is 14.8 Å². The molecule has 0 radical (unpaired) electrons. The minimum absolute atomic E-state index is 0.794. The van der Waals surface area contributed by atoms with Crippen LogP contribution in [0.3, 0.4) is 0 Å². The highest BCUT2D eigenvalue weighted by Crippen LogP contribution is 2.28. The Bertz CT molecular complexity index is 680. The van der Waals surface area contributed by atoms with E-state index in [0.717, 1.165) is 61.9 Å². The monoisotopic (exact) mass is 359 g/mol. The van der Waals surface area contributed by atoms with Crippen molar-refractivity contribution in [2.75, 3.05) is 44.7 Å². The topological polar surface area (TPSA) is 48.3 Å². The van der Waals surface area contributed by atoms with Gasteiger partial charge in [0.1, 0.15) is 5.75 Å². The van der Waals surface area contributed by atoms with Crippen LogP contribution in [0.15, 0.2) is 46.9 Å². The molecule has 0 unspecified atom stereocenters. The second kappa shape index (κ2) is 8.87. The summed E-state index contributed by atoms with van der Waals surface area (Å²) in [7, 11) is 1.73. The maximum Gasteiger partial charge on any atom is 0.142 e. The highest BCUT2D eigenvalue weighted by molar-refractivity contribution is 7.12. The molecule has 0 saturated carbocycles. The Balaban J connectivity index is 1.45. The molecule has 1 fully saturated rings. The highest BCUT2D eigenvalue weighted by atomic mass is 32.1. The van der Waals surface area contributed by atoms with Crippen LogP contribution in [0.25, 0.3) is 0 Å². The van der Waals surface area contributed by atoms with E-state index in [0.29, 0.717) is 0 Å². The maximum atomic E-state index is 9.21. The van der Waals surface area contributed by atoms with Gasteiger partial charge in [-0.2, -0.15) is 0 Å². The van der Waals surface area contributed by atoms with Crippen molar-refractivity contribution in [3.8, 4) is 5.75 Å². The number of benzene rings is 1. The molecule has 134 valence electrons. The molecule has 6 heteroatoms. The van der Waals surface area contributed by atoms with E-state index in [9.17, 15) is 5.21 Å². The summed E-state index contributed by atoms with van der Waals surface area (Å²) in [6.45, 7) is 5.13. The number of methoxy groups -OCH3 is 1. The molecule has 1 aromatic heterocycles. The van der Waals surface area contributed by atoms with Crippen LogP contribution in [0.4, 0.5) is 5.69 Å². The Labute approximate surface area is 153 Å². The first-order valence-corrected chi connectivity index (χ1v) is 9.55. The Morgan fingerprint density at radius 2 is 1.96 bits per heavy atom. The van der Waals surface area contributed by atoms with E-state index in [1.165, 1.54) is 5.69 Å². The lowest BCUT2D eigenvalue weighted by Gasteiger charge is -2.36. The van der Waals surface area contributed by atoms with Crippen molar-refractivity contribution in [1.82, 2.24) is 4.90 Å². The predicted molar refractivity (Wildman–Crippen MR) is 104 cm³/mol. The van der Waals surface area contributed by atoms with Gasteiger partial charge in [0.15, 0.2) is 0 Å². The average Bonchev–Trinajstić information content (AvgIpc) is 3.20. The molecule has 1 aromatic carbocycles. The fourth-order valence-electron chi connectivity index (χ4n) is 3.24. The van der Waals surface area contributed by atoms with Gasteiger partial charge in [-0.15, -0.1) is 11.3 Å². The molecule has 1 aliphatic heterocycles. The first-order chi connectivity index (χ1) is 12.3. The second-order valence-corrected chi connectivity index (χ2v) is 7.08. The molecule has 1 saturated heterocycles. The van der Waals surface area contributed by atoms with Gasteiger partial charge in [-0.05, 0) is 43.0 Å². The maximum absolute atomic E-state index is 9.21. The Hall–Kier alpha value is -2.05. The Morgan fingerprint density at radius 1 is 1.16 bits per heavy atom. The van der Waals surface area contributed by atoms with E-state index in [2.05, 4.69) is 27.1 Å². The summed E-state index contributed by atoms with van der Waals surface area (Å²) in [5.41, 5.74) is 1.97. The molecule has 0 bridgehead atoms. The minimum atomic E-state index is 0.794. The van der Waals surface area contributed by atoms with E-state index in [4.69, 9.17) is 4.74 Å². The summed E-state index contributed by atoms with van der Waals surface area (Å²) in [4.78, 5) is 5.93. The summed E-state index contributed by atoms with van der Waals surface area (Å²) in [5.74, 6) is 0.940. The minimum Gasteiger partial charge on any atom is -0.495 e. The van der Waals surface area contributed by atoms with Crippen molar-refractivity contribution < 1.29 is 9.94 Å². The molecule has 1 aliphatic rings. The number of oxime groups is 1. The molecule has 3 rings (SSSR count). The summed E-state index contributed by atoms with van der Waals surface area (Å²) in [6.07, 6.45) is 1.82. The van der Waals surface area contributed by atoms with Gasteiger partial charge in [-0.25, -0.2) is 0 Å². The van der Waals surface area contributed by atoms with Crippen LogP contribution in [-0.2, 0) is 0 Å². The normalized spacial score (nSPS) is 16.2. The van der Waals surface area contributed by atoms with E-state index in [1.54, 1.807) is 18.4 Å². The van der Waals surface area contributed by atoms with Crippen LogP contribution >= 0.6 is 11.3 Å². The van der Waals surface area contributed by atoms with E-state index in [-0.39, 0.29) is 0 Å². The molecular formula is C19H25N3O2S. The standard InChI is InChI=1S/C19H25N3O2S/c1-24-18-8-3-2-7-17(18)22-13-11-21(12-14-22)10-4-6-16(20-23)19-9-5-15-25-19/h2-3,5,7-9,15,23H,4,6,10-14H2,1H3. The van der Waals surface area contributed by atoms with Crippen molar-refractivity contribution in [3.05, 3.63) is 46.7 Å². The largest absolute Gasteiger partial charge is 0.495 e. The average molecular weight is 359 g/mol. The smallest absolute Gasteiger partial charge is 0.142 e. The molecular weight excluding hydrogens is 334 g/mol. The van der Waals surface area contributed by atoms with Gasteiger partial charge in [0.2, 0.25) is 0 Å². The lowest BCUT2D eigenvalue weighted by atomic mass is 10.1. The molecule has 2 aromatic rings. The number of hydrogen-bond donors (Lipinski definition) is 1. The number of nitrogens with zero attached hydrogens (tertiary/aromatic N) is 3. The van der Waals surface area contributed by atoms with Gasteiger partial charge in [0.25, 0.3) is 0 Å². The SMILES string of the molecule is COc1ccccc1N1CCN(CCCC(=NO)c2cccs2)CC1. The van der Waals surface area contributed by atoms with E-state index >= 15 is 0 Å². The van der Waals surface area contributed by atoms with Crippen molar-refractivity contribution in [2.24, 2.45) is 5.16 Å². The summed E-state index contributed by atoms with van der Waals surface area (Å²) >= 11 is 1.62. The Morgan fingerprint density at radius 3 is 2.64 bits per heavy atom. The molecule has 2 heterocycles. The van der Waals surface area contributed by atoms with Gasteiger partial charge in [0.05, 0.1) is 23.4 Å². The van der Waals surface area contributed by atoms with Crippen molar-refractivity contribution in [3.63, 3.8) is 0 Å². The van der Waals surface area contributed by atoms with E-state index < -0.39 is 0 Å². The number of rotatable bonds is 7. The number of para-hydroxylation sites is 2. The lowest BCUT2D eigenvalue weighted by molar-refractivity contribution is 0.255. The summed E-state index contributed by atoms with van der Waals surface area (Å²) in [5, 5.41) is 14.7.